The Bertz CT molecular complexity index is 666. The van der Waals surface area contributed by atoms with Gasteiger partial charge in [0.25, 0.3) is 5.91 Å². The number of carbonyl (C=O) groups is 1. The molecule has 3 rings (SSSR count). The zero-order chi connectivity index (χ0) is 16.4. The lowest BCUT2D eigenvalue weighted by molar-refractivity contribution is 0.0672. The molecule has 6 nitrogen and oxygen atoms in total. The molecular formula is C17H24N4O2. The van der Waals surface area contributed by atoms with Crippen LogP contribution in [0.15, 0.2) is 23.0 Å². The van der Waals surface area contributed by atoms with Crippen LogP contribution in [0.5, 0.6) is 0 Å². The van der Waals surface area contributed by atoms with E-state index in [2.05, 4.69) is 34.8 Å². The SMILES string of the molecule is Cc1cc(C(=O)N2CCC(Cn3ccnc3C(C)C)CC2)no1. The van der Waals surface area contributed by atoms with Gasteiger partial charge in [-0.1, -0.05) is 19.0 Å². The standard InChI is InChI=1S/C17H24N4O2/c1-12(2)16-18-6-9-21(16)11-14-4-7-20(8-5-14)17(22)15-10-13(3)23-19-15/h6,9-10,12,14H,4-5,7-8,11H2,1-3H3. The first kappa shape index (κ1) is 15.8. The Hall–Kier alpha value is -2.11. The summed E-state index contributed by atoms with van der Waals surface area (Å²) in [4.78, 5) is 18.7. The Morgan fingerprint density at radius 2 is 2.13 bits per heavy atom. The predicted molar refractivity (Wildman–Crippen MR) is 86.2 cm³/mol. The van der Waals surface area contributed by atoms with Crippen molar-refractivity contribution >= 4 is 5.91 Å². The van der Waals surface area contributed by atoms with E-state index in [0.717, 1.165) is 38.3 Å². The summed E-state index contributed by atoms with van der Waals surface area (Å²) in [6, 6.07) is 1.70. The summed E-state index contributed by atoms with van der Waals surface area (Å²) in [5.41, 5.74) is 0.414. The molecule has 23 heavy (non-hydrogen) atoms. The summed E-state index contributed by atoms with van der Waals surface area (Å²) in [6.45, 7) is 8.67. The van der Waals surface area contributed by atoms with E-state index >= 15 is 0 Å². The lowest BCUT2D eigenvalue weighted by atomic mass is 9.96. The first-order valence-corrected chi connectivity index (χ1v) is 8.28. The van der Waals surface area contributed by atoms with Crippen LogP contribution in [0.2, 0.25) is 0 Å². The van der Waals surface area contributed by atoms with Gasteiger partial charge >= 0.3 is 0 Å². The van der Waals surface area contributed by atoms with Crippen LogP contribution in [-0.2, 0) is 6.54 Å². The summed E-state index contributed by atoms with van der Waals surface area (Å²) in [7, 11) is 0. The van der Waals surface area contributed by atoms with Crippen molar-refractivity contribution in [1.29, 1.82) is 0 Å². The highest BCUT2D eigenvalue weighted by Crippen LogP contribution is 2.22. The topological polar surface area (TPSA) is 64.2 Å². The molecule has 2 aromatic rings. The number of likely N-dealkylation sites (tertiary alicyclic amines) is 1. The highest BCUT2D eigenvalue weighted by molar-refractivity contribution is 5.92. The normalized spacial score (nSPS) is 16.3. The Balaban J connectivity index is 1.56. The summed E-state index contributed by atoms with van der Waals surface area (Å²) >= 11 is 0. The Morgan fingerprint density at radius 1 is 1.39 bits per heavy atom. The van der Waals surface area contributed by atoms with Crippen molar-refractivity contribution in [2.24, 2.45) is 5.92 Å². The fourth-order valence-electron chi connectivity index (χ4n) is 3.20. The van der Waals surface area contributed by atoms with Gasteiger partial charge in [0.05, 0.1) is 0 Å². The first-order chi connectivity index (χ1) is 11.0. The average Bonchev–Trinajstić information content (AvgIpc) is 3.16. The zero-order valence-corrected chi connectivity index (χ0v) is 14.0. The molecule has 3 heterocycles. The quantitative estimate of drug-likeness (QED) is 0.870. The number of amides is 1. The van der Waals surface area contributed by atoms with Gasteiger partial charge in [-0.2, -0.15) is 0 Å². The van der Waals surface area contributed by atoms with Crippen molar-refractivity contribution in [2.45, 2.75) is 46.1 Å². The minimum absolute atomic E-state index is 0.0224. The predicted octanol–water partition coefficient (Wildman–Crippen LogP) is 2.86. The van der Waals surface area contributed by atoms with Gasteiger partial charge in [0.1, 0.15) is 11.6 Å². The number of imidazole rings is 1. The maximum Gasteiger partial charge on any atom is 0.276 e. The maximum atomic E-state index is 12.4. The summed E-state index contributed by atoms with van der Waals surface area (Å²) < 4.78 is 7.25. The molecule has 0 spiro atoms. The lowest BCUT2D eigenvalue weighted by Gasteiger charge is -2.32. The molecular weight excluding hydrogens is 292 g/mol. The van der Waals surface area contributed by atoms with E-state index in [4.69, 9.17) is 4.52 Å². The van der Waals surface area contributed by atoms with Gasteiger partial charge in [-0.05, 0) is 25.7 Å². The third-order valence-corrected chi connectivity index (χ3v) is 4.47. The van der Waals surface area contributed by atoms with E-state index in [1.165, 1.54) is 0 Å². The molecule has 0 aliphatic carbocycles. The minimum atomic E-state index is -0.0224. The number of piperidine rings is 1. The van der Waals surface area contributed by atoms with Gasteiger partial charge in [-0.3, -0.25) is 4.79 Å². The van der Waals surface area contributed by atoms with Gasteiger partial charge in [-0.25, -0.2) is 4.98 Å². The molecule has 0 bridgehead atoms. The minimum Gasteiger partial charge on any atom is -0.361 e. The molecule has 0 aromatic carbocycles. The van der Waals surface area contributed by atoms with Crippen LogP contribution in [0.4, 0.5) is 0 Å². The monoisotopic (exact) mass is 316 g/mol. The number of hydrogen-bond donors (Lipinski definition) is 0. The lowest BCUT2D eigenvalue weighted by Crippen LogP contribution is -2.39. The van der Waals surface area contributed by atoms with Gasteiger partial charge in [0, 0.05) is 44.0 Å². The largest absolute Gasteiger partial charge is 0.361 e. The fraction of sp³-hybridized carbons (Fsp3) is 0.588. The van der Waals surface area contributed by atoms with Crippen LogP contribution in [-0.4, -0.2) is 38.6 Å². The van der Waals surface area contributed by atoms with Crippen molar-refractivity contribution < 1.29 is 9.32 Å². The Kier molecular flexibility index (Phi) is 4.50. The molecule has 1 amide bonds. The van der Waals surface area contributed by atoms with Crippen molar-refractivity contribution in [2.75, 3.05) is 13.1 Å². The van der Waals surface area contributed by atoms with E-state index in [0.29, 0.717) is 23.3 Å². The maximum absolute atomic E-state index is 12.4. The molecule has 1 aliphatic rings. The molecule has 1 saturated heterocycles. The molecule has 0 saturated carbocycles. The molecule has 0 unspecified atom stereocenters. The van der Waals surface area contributed by atoms with E-state index in [-0.39, 0.29) is 5.91 Å². The van der Waals surface area contributed by atoms with Gasteiger partial charge in [-0.15, -0.1) is 0 Å². The molecule has 1 fully saturated rings. The highest BCUT2D eigenvalue weighted by Gasteiger charge is 2.26. The second kappa shape index (κ2) is 6.56. The fourth-order valence-corrected chi connectivity index (χ4v) is 3.20. The van der Waals surface area contributed by atoms with Crippen molar-refractivity contribution in [3.8, 4) is 0 Å². The average molecular weight is 316 g/mol. The van der Waals surface area contributed by atoms with Crippen LogP contribution < -0.4 is 0 Å². The number of carbonyl (C=O) groups excluding carboxylic acids is 1. The summed E-state index contributed by atoms with van der Waals surface area (Å²) in [5, 5.41) is 3.82. The molecule has 1 aliphatic heterocycles. The second-order valence-electron chi connectivity index (χ2n) is 6.65. The molecule has 0 radical (unpaired) electrons. The Labute approximate surface area is 136 Å². The van der Waals surface area contributed by atoms with E-state index in [1.807, 2.05) is 11.1 Å². The number of hydrogen-bond acceptors (Lipinski definition) is 4. The van der Waals surface area contributed by atoms with Crippen molar-refractivity contribution in [3.63, 3.8) is 0 Å². The van der Waals surface area contributed by atoms with E-state index < -0.39 is 0 Å². The molecule has 6 heteroatoms. The van der Waals surface area contributed by atoms with Crippen LogP contribution in [0.1, 0.15) is 54.7 Å². The number of rotatable bonds is 4. The number of aryl methyl sites for hydroxylation is 1. The number of nitrogens with zero attached hydrogens (tertiary/aromatic N) is 4. The highest BCUT2D eigenvalue weighted by atomic mass is 16.5. The smallest absolute Gasteiger partial charge is 0.276 e. The van der Waals surface area contributed by atoms with Crippen LogP contribution in [0, 0.1) is 12.8 Å². The van der Waals surface area contributed by atoms with Gasteiger partial charge < -0.3 is 14.0 Å². The van der Waals surface area contributed by atoms with Crippen LogP contribution in [0.3, 0.4) is 0 Å². The summed E-state index contributed by atoms with van der Waals surface area (Å²) in [5.74, 6) is 2.81. The van der Waals surface area contributed by atoms with Crippen LogP contribution in [0.25, 0.3) is 0 Å². The van der Waals surface area contributed by atoms with E-state index in [1.54, 1.807) is 13.0 Å². The molecule has 2 aromatic heterocycles. The van der Waals surface area contributed by atoms with E-state index in [9.17, 15) is 4.79 Å². The van der Waals surface area contributed by atoms with Gasteiger partial charge in [0.15, 0.2) is 5.69 Å². The zero-order valence-electron chi connectivity index (χ0n) is 14.0. The third-order valence-electron chi connectivity index (χ3n) is 4.47. The van der Waals surface area contributed by atoms with Gasteiger partial charge in [0.2, 0.25) is 0 Å². The van der Waals surface area contributed by atoms with Crippen LogP contribution >= 0.6 is 0 Å². The van der Waals surface area contributed by atoms with Crippen molar-refractivity contribution in [3.05, 3.63) is 35.7 Å². The third kappa shape index (κ3) is 3.46. The summed E-state index contributed by atoms with van der Waals surface area (Å²) in [6.07, 6.45) is 5.96. The number of aromatic nitrogens is 3. The first-order valence-electron chi connectivity index (χ1n) is 8.28. The second-order valence-corrected chi connectivity index (χ2v) is 6.65. The van der Waals surface area contributed by atoms with Crippen molar-refractivity contribution in [1.82, 2.24) is 19.6 Å². The molecule has 0 atom stereocenters. The Morgan fingerprint density at radius 3 is 2.74 bits per heavy atom. The molecule has 124 valence electrons. The molecule has 0 N–H and O–H groups in total.